The standard InChI is InChI=1S/C35H41N7O4/c1-6-29(43)28-19-30(38-20-22-8-7-9-24(16-22)33-37-12-13-41(33)4)42-34(39-28)31(21(2)40-42)25-17-26(23-10-14-46-15-11-23)32(45-5)27(18-25)35(44)36-3/h7-9,12-13,16-19,23,29,38,43H,6,10-11,14-15,20H2,1-5H3,(H,36,44). The summed E-state index contributed by atoms with van der Waals surface area (Å²) in [4.78, 5) is 22.6. The second-order valence-electron chi connectivity index (χ2n) is 11.7. The fraction of sp³-hybridized carbons (Fsp3) is 0.371. The van der Waals surface area contributed by atoms with Crippen molar-refractivity contribution < 1.29 is 19.4 Å². The number of aryl methyl sites for hydroxylation is 2. The minimum Gasteiger partial charge on any atom is -0.496 e. The lowest BCUT2D eigenvalue weighted by Crippen LogP contribution is -2.21. The maximum absolute atomic E-state index is 13.2. The van der Waals surface area contributed by atoms with Gasteiger partial charge in [-0.15, -0.1) is 0 Å². The van der Waals surface area contributed by atoms with Crippen molar-refractivity contribution in [3.05, 3.63) is 82.9 Å². The largest absolute Gasteiger partial charge is 0.496 e. The average Bonchev–Trinajstić information content (AvgIpc) is 3.68. The monoisotopic (exact) mass is 623 g/mol. The molecule has 1 aliphatic rings. The van der Waals surface area contributed by atoms with Gasteiger partial charge in [0.2, 0.25) is 0 Å². The first-order chi connectivity index (χ1) is 22.3. The number of aliphatic hydroxyl groups is 1. The Kier molecular flexibility index (Phi) is 9.05. The van der Waals surface area contributed by atoms with E-state index in [1.54, 1.807) is 24.9 Å². The van der Waals surface area contributed by atoms with Gasteiger partial charge in [0.15, 0.2) is 5.65 Å². The molecule has 11 nitrogen and oxygen atoms in total. The zero-order valence-corrected chi connectivity index (χ0v) is 27.0. The van der Waals surface area contributed by atoms with E-state index in [-0.39, 0.29) is 11.8 Å². The van der Waals surface area contributed by atoms with E-state index in [0.29, 0.717) is 54.7 Å². The topological polar surface area (TPSA) is 128 Å². The molecule has 11 heteroatoms. The van der Waals surface area contributed by atoms with Crippen LogP contribution in [0.15, 0.2) is 54.9 Å². The number of nitrogens with one attached hydrogen (secondary N) is 2. The van der Waals surface area contributed by atoms with Crippen molar-refractivity contribution in [3.63, 3.8) is 0 Å². The summed E-state index contributed by atoms with van der Waals surface area (Å²) >= 11 is 0. The van der Waals surface area contributed by atoms with Gasteiger partial charge in [-0.3, -0.25) is 4.79 Å². The molecule has 1 amide bonds. The molecule has 0 aliphatic carbocycles. The van der Waals surface area contributed by atoms with Crippen molar-refractivity contribution >= 4 is 17.4 Å². The van der Waals surface area contributed by atoms with Crippen molar-refractivity contribution in [1.82, 2.24) is 29.5 Å². The van der Waals surface area contributed by atoms with E-state index in [4.69, 9.17) is 19.6 Å². The van der Waals surface area contributed by atoms with E-state index in [0.717, 1.165) is 52.2 Å². The van der Waals surface area contributed by atoms with Gasteiger partial charge in [0.1, 0.15) is 17.4 Å². The molecule has 240 valence electrons. The van der Waals surface area contributed by atoms with E-state index < -0.39 is 6.10 Å². The summed E-state index contributed by atoms with van der Waals surface area (Å²) in [5.74, 6) is 2.12. The molecular formula is C35H41N7O4. The van der Waals surface area contributed by atoms with Crippen LogP contribution in [0.2, 0.25) is 0 Å². The molecule has 3 N–H and O–H groups in total. The minimum absolute atomic E-state index is 0.179. The third-order valence-electron chi connectivity index (χ3n) is 8.74. The molecule has 0 spiro atoms. The second-order valence-corrected chi connectivity index (χ2v) is 11.7. The van der Waals surface area contributed by atoms with Crippen LogP contribution in [0.3, 0.4) is 0 Å². The number of ether oxygens (including phenoxy) is 2. The van der Waals surface area contributed by atoms with Crippen molar-refractivity contribution in [1.29, 1.82) is 0 Å². The lowest BCUT2D eigenvalue weighted by molar-refractivity contribution is 0.0847. The average molecular weight is 624 g/mol. The number of fused-ring (bicyclic) bond motifs is 1. The summed E-state index contributed by atoms with van der Waals surface area (Å²) in [6.07, 6.45) is 5.14. The number of benzene rings is 2. The summed E-state index contributed by atoms with van der Waals surface area (Å²) in [7, 11) is 5.20. The Labute approximate surface area is 268 Å². The molecule has 1 fully saturated rings. The second kappa shape index (κ2) is 13.3. The van der Waals surface area contributed by atoms with Gasteiger partial charge >= 0.3 is 0 Å². The molecule has 1 aliphatic heterocycles. The highest BCUT2D eigenvalue weighted by molar-refractivity contribution is 5.99. The Morgan fingerprint density at radius 2 is 1.98 bits per heavy atom. The van der Waals surface area contributed by atoms with Crippen LogP contribution in [-0.2, 0) is 18.3 Å². The van der Waals surface area contributed by atoms with Gasteiger partial charge in [-0.2, -0.15) is 9.61 Å². The summed E-state index contributed by atoms with van der Waals surface area (Å²) in [6.45, 7) is 5.70. The van der Waals surface area contributed by atoms with E-state index in [9.17, 15) is 9.90 Å². The van der Waals surface area contributed by atoms with Crippen molar-refractivity contribution in [2.24, 2.45) is 7.05 Å². The van der Waals surface area contributed by atoms with Crippen LogP contribution in [0.25, 0.3) is 28.2 Å². The minimum atomic E-state index is -0.754. The van der Waals surface area contributed by atoms with Crippen LogP contribution in [0.1, 0.15) is 71.1 Å². The van der Waals surface area contributed by atoms with Crippen molar-refractivity contribution in [2.75, 3.05) is 32.7 Å². The van der Waals surface area contributed by atoms with Crippen LogP contribution in [0.4, 0.5) is 5.82 Å². The highest BCUT2D eigenvalue weighted by Crippen LogP contribution is 2.41. The number of amides is 1. The number of aliphatic hydroxyl groups excluding tert-OH is 1. The zero-order chi connectivity index (χ0) is 32.4. The lowest BCUT2D eigenvalue weighted by atomic mass is 9.86. The summed E-state index contributed by atoms with van der Waals surface area (Å²) in [5, 5.41) is 22.2. The van der Waals surface area contributed by atoms with Gasteiger partial charge in [-0.05, 0) is 67.0 Å². The molecule has 0 radical (unpaired) electrons. The predicted octanol–water partition coefficient (Wildman–Crippen LogP) is 5.42. The van der Waals surface area contributed by atoms with Crippen LogP contribution < -0.4 is 15.4 Å². The van der Waals surface area contributed by atoms with E-state index >= 15 is 0 Å². The van der Waals surface area contributed by atoms with Gasteiger partial charge in [0.25, 0.3) is 5.91 Å². The van der Waals surface area contributed by atoms with Crippen LogP contribution in [0.5, 0.6) is 5.75 Å². The molecule has 5 aromatic rings. The highest BCUT2D eigenvalue weighted by Gasteiger charge is 2.27. The fourth-order valence-electron chi connectivity index (χ4n) is 6.28. The molecule has 1 unspecified atom stereocenters. The molecule has 6 rings (SSSR count). The van der Waals surface area contributed by atoms with Gasteiger partial charge in [0.05, 0.1) is 30.2 Å². The third-order valence-corrected chi connectivity index (χ3v) is 8.74. The van der Waals surface area contributed by atoms with Gasteiger partial charge in [-0.25, -0.2) is 9.97 Å². The molecule has 1 atom stereocenters. The zero-order valence-electron chi connectivity index (χ0n) is 27.0. The summed E-state index contributed by atoms with van der Waals surface area (Å²) < 4.78 is 15.3. The highest BCUT2D eigenvalue weighted by atomic mass is 16.5. The predicted molar refractivity (Wildman–Crippen MR) is 177 cm³/mol. The SMILES string of the molecule is CCC(O)c1cc(NCc2cccc(-c3nccn3C)c2)n2nc(C)c(-c3cc(C(=O)NC)c(OC)c(C4CCOCC4)c3)c2n1. The molecule has 46 heavy (non-hydrogen) atoms. The molecule has 3 aromatic heterocycles. The molecule has 1 saturated heterocycles. The Bertz CT molecular complexity index is 1870. The van der Waals surface area contributed by atoms with Crippen LogP contribution in [-0.4, -0.2) is 62.5 Å². The Balaban J connectivity index is 1.46. The first-order valence-electron chi connectivity index (χ1n) is 15.7. The molecular weight excluding hydrogens is 582 g/mol. The summed E-state index contributed by atoms with van der Waals surface area (Å²) in [5.41, 5.74) is 7.03. The van der Waals surface area contributed by atoms with E-state index in [1.807, 2.05) is 55.9 Å². The number of methoxy groups -OCH3 is 1. The first-order valence-corrected chi connectivity index (χ1v) is 15.7. The van der Waals surface area contributed by atoms with E-state index in [2.05, 4.69) is 33.8 Å². The smallest absolute Gasteiger partial charge is 0.254 e. The van der Waals surface area contributed by atoms with Gasteiger partial charge in [-0.1, -0.05) is 25.1 Å². The normalized spacial score (nSPS) is 14.4. The first kappa shape index (κ1) is 31.3. The van der Waals surface area contributed by atoms with E-state index in [1.165, 1.54) is 0 Å². The number of hydrogen-bond acceptors (Lipinski definition) is 8. The van der Waals surface area contributed by atoms with Crippen molar-refractivity contribution in [3.8, 4) is 28.3 Å². The maximum Gasteiger partial charge on any atom is 0.254 e. The number of carbonyl (C=O) groups is 1. The number of imidazole rings is 1. The summed E-state index contributed by atoms with van der Waals surface area (Å²) in [6, 6.07) is 14.1. The number of aromatic nitrogens is 5. The molecule has 4 heterocycles. The Morgan fingerprint density at radius 3 is 2.67 bits per heavy atom. The number of nitrogens with zero attached hydrogens (tertiary/aromatic N) is 5. The van der Waals surface area contributed by atoms with Crippen molar-refractivity contribution in [2.45, 2.75) is 51.7 Å². The third kappa shape index (κ3) is 5.95. The quantitative estimate of drug-likeness (QED) is 0.188. The molecule has 0 saturated carbocycles. The maximum atomic E-state index is 13.2. The lowest BCUT2D eigenvalue weighted by Gasteiger charge is -2.26. The van der Waals surface area contributed by atoms with Crippen LogP contribution in [0, 0.1) is 6.92 Å². The molecule has 0 bridgehead atoms. The number of anilines is 1. The number of hydrogen-bond donors (Lipinski definition) is 3. The van der Waals surface area contributed by atoms with Gasteiger partial charge in [0, 0.05) is 63.4 Å². The number of carbonyl (C=O) groups excluding carboxylic acids is 1. The van der Waals surface area contributed by atoms with Gasteiger partial charge < -0.3 is 29.8 Å². The fourth-order valence-corrected chi connectivity index (χ4v) is 6.28. The number of rotatable bonds is 10. The Morgan fingerprint density at radius 1 is 1.17 bits per heavy atom. The Hall–Kier alpha value is -4.74. The van der Waals surface area contributed by atoms with Crippen LogP contribution >= 0.6 is 0 Å². The molecule has 2 aromatic carbocycles.